The van der Waals surface area contributed by atoms with E-state index in [9.17, 15) is 9.46 Å². The Bertz CT molecular complexity index is 606. The third-order valence-corrected chi connectivity index (χ3v) is 6.24. The molecule has 0 aliphatic rings. The number of pyridine rings is 1. The van der Waals surface area contributed by atoms with Crippen LogP contribution >= 0.6 is 7.82 Å². The molecular formula is C25H46NO7P. The number of hydrogen-bond acceptors (Lipinski definition) is 7. The average Bonchev–Trinajstić information content (AvgIpc) is 2.83. The van der Waals surface area contributed by atoms with Crippen molar-refractivity contribution >= 4 is 7.82 Å². The Morgan fingerprint density at radius 3 is 1.68 bits per heavy atom. The van der Waals surface area contributed by atoms with Crippen LogP contribution in [-0.4, -0.2) is 52.9 Å². The number of unbranched alkanes of at least 4 members (excludes halogenated alkanes) is 9. The molecule has 1 unspecified atom stereocenters. The molecule has 0 saturated heterocycles. The molecule has 34 heavy (non-hydrogen) atoms. The summed E-state index contributed by atoms with van der Waals surface area (Å²) in [4.78, 5) is 11.7. The maximum atomic E-state index is 11.7. The SMILES string of the molecule is CCCCCCCCCCCCOCCOCCOCCOP(=O)([O-])OCC[n+]1ccccc1. The van der Waals surface area contributed by atoms with Crippen LogP contribution in [0.1, 0.15) is 71.1 Å². The van der Waals surface area contributed by atoms with Gasteiger partial charge in [0, 0.05) is 18.7 Å². The molecule has 0 N–H and O–H groups in total. The van der Waals surface area contributed by atoms with Crippen molar-refractivity contribution in [2.24, 2.45) is 0 Å². The summed E-state index contributed by atoms with van der Waals surface area (Å²) in [5.41, 5.74) is 0. The predicted molar refractivity (Wildman–Crippen MR) is 130 cm³/mol. The highest BCUT2D eigenvalue weighted by Crippen LogP contribution is 2.37. The van der Waals surface area contributed by atoms with Crippen LogP contribution in [-0.2, 0) is 34.4 Å². The second-order valence-electron chi connectivity index (χ2n) is 8.25. The number of rotatable bonds is 25. The molecule has 1 atom stereocenters. The first-order valence-electron chi connectivity index (χ1n) is 12.9. The molecule has 0 spiro atoms. The lowest BCUT2D eigenvalue weighted by molar-refractivity contribution is -0.697. The van der Waals surface area contributed by atoms with Crippen molar-refractivity contribution in [3.05, 3.63) is 30.6 Å². The Morgan fingerprint density at radius 2 is 1.09 bits per heavy atom. The summed E-state index contributed by atoms with van der Waals surface area (Å²) in [7, 11) is -4.31. The molecule has 9 heteroatoms. The molecule has 198 valence electrons. The molecule has 0 bridgehead atoms. The summed E-state index contributed by atoms with van der Waals surface area (Å²) >= 11 is 0. The predicted octanol–water partition coefficient (Wildman–Crippen LogP) is 4.45. The van der Waals surface area contributed by atoms with Crippen molar-refractivity contribution in [3.63, 3.8) is 0 Å². The van der Waals surface area contributed by atoms with Crippen molar-refractivity contribution in [2.45, 2.75) is 77.7 Å². The summed E-state index contributed by atoms with van der Waals surface area (Å²) in [5, 5.41) is 0. The molecule has 0 radical (unpaired) electrons. The number of nitrogens with zero attached hydrogens (tertiary/aromatic N) is 1. The van der Waals surface area contributed by atoms with Crippen LogP contribution in [0.3, 0.4) is 0 Å². The maximum absolute atomic E-state index is 11.7. The van der Waals surface area contributed by atoms with Gasteiger partial charge in [0.1, 0.15) is 6.61 Å². The number of phosphoric ester groups is 1. The van der Waals surface area contributed by atoms with Crippen LogP contribution < -0.4 is 9.46 Å². The van der Waals surface area contributed by atoms with Crippen molar-refractivity contribution in [1.29, 1.82) is 0 Å². The maximum Gasteiger partial charge on any atom is 0.268 e. The van der Waals surface area contributed by atoms with Crippen LogP contribution in [0.4, 0.5) is 0 Å². The molecule has 0 saturated carbocycles. The average molecular weight is 504 g/mol. The van der Waals surface area contributed by atoms with E-state index in [1.807, 2.05) is 35.2 Å². The fourth-order valence-electron chi connectivity index (χ4n) is 3.32. The Balaban J connectivity index is 1.77. The van der Waals surface area contributed by atoms with Gasteiger partial charge in [0.2, 0.25) is 0 Å². The van der Waals surface area contributed by atoms with Crippen molar-refractivity contribution in [1.82, 2.24) is 0 Å². The monoisotopic (exact) mass is 503 g/mol. The second kappa shape index (κ2) is 22.6. The molecule has 1 heterocycles. The molecule has 1 rings (SSSR count). The first-order valence-corrected chi connectivity index (χ1v) is 14.4. The van der Waals surface area contributed by atoms with Gasteiger partial charge in [-0.25, -0.2) is 4.57 Å². The lowest BCUT2D eigenvalue weighted by atomic mass is 10.1. The highest BCUT2D eigenvalue weighted by atomic mass is 31.2. The highest BCUT2D eigenvalue weighted by molar-refractivity contribution is 7.45. The van der Waals surface area contributed by atoms with Gasteiger partial charge in [0.05, 0.1) is 39.6 Å². The molecule has 1 aromatic rings. The molecule has 0 aromatic carbocycles. The molecular weight excluding hydrogens is 457 g/mol. The van der Waals surface area contributed by atoms with Gasteiger partial charge in [-0.3, -0.25) is 4.57 Å². The van der Waals surface area contributed by atoms with Gasteiger partial charge >= 0.3 is 0 Å². The van der Waals surface area contributed by atoms with Crippen molar-refractivity contribution in [2.75, 3.05) is 52.9 Å². The zero-order valence-electron chi connectivity index (χ0n) is 21.1. The van der Waals surface area contributed by atoms with Crippen LogP contribution in [0, 0.1) is 0 Å². The summed E-state index contributed by atoms with van der Waals surface area (Å²) < 4.78 is 39.5. The zero-order chi connectivity index (χ0) is 24.6. The van der Waals surface area contributed by atoms with Gasteiger partial charge in [0.25, 0.3) is 7.82 Å². The summed E-state index contributed by atoms with van der Waals surface area (Å²) in [5.74, 6) is 0. The lowest BCUT2D eigenvalue weighted by Gasteiger charge is -2.21. The van der Waals surface area contributed by atoms with E-state index in [0.717, 1.165) is 13.0 Å². The van der Waals surface area contributed by atoms with E-state index in [-0.39, 0.29) is 19.8 Å². The van der Waals surface area contributed by atoms with Gasteiger partial charge in [-0.1, -0.05) is 70.8 Å². The van der Waals surface area contributed by atoms with Gasteiger partial charge in [-0.2, -0.15) is 0 Å². The number of phosphoric acid groups is 1. The van der Waals surface area contributed by atoms with Gasteiger partial charge in [-0.05, 0) is 6.42 Å². The van der Waals surface area contributed by atoms with E-state index in [0.29, 0.717) is 33.0 Å². The summed E-state index contributed by atoms with van der Waals surface area (Å²) in [6.07, 6.45) is 16.9. The van der Waals surface area contributed by atoms with Gasteiger partial charge < -0.3 is 28.2 Å². The smallest absolute Gasteiger partial charge is 0.268 e. The first kappa shape index (κ1) is 31.2. The Hall–Kier alpha value is -0.860. The van der Waals surface area contributed by atoms with Crippen LogP contribution in [0.2, 0.25) is 0 Å². The molecule has 1 aromatic heterocycles. The molecule has 8 nitrogen and oxygen atoms in total. The minimum atomic E-state index is -4.31. The van der Waals surface area contributed by atoms with Gasteiger partial charge in [0.15, 0.2) is 18.9 Å². The number of ether oxygens (including phenoxy) is 3. The number of aromatic nitrogens is 1. The fraction of sp³-hybridized carbons (Fsp3) is 0.800. The van der Waals surface area contributed by atoms with Crippen molar-refractivity contribution in [3.8, 4) is 0 Å². The van der Waals surface area contributed by atoms with Crippen molar-refractivity contribution < 1.29 is 37.3 Å². The number of hydrogen-bond donors (Lipinski definition) is 0. The molecule has 0 aliphatic carbocycles. The molecule has 0 amide bonds. The molecule has 0 fully saturated rings. The summed E-state index contributed by atoms with van der Waals surface area (Å²) in [6.45, 7) is 5.47. The Morgan fingerprint density at radius 1 is 0.618 bits per heavy atom. The minimum absolute atomic E-state index is 0.0193. The van der Waals surface area contributed by atoms with Crippen LogP contribution in [0.5, 0.6) is 0 Å². The quantitative estimate of drug-likeness (QED) is 0.111. The van der Waals surface area contributed by atoms with E-state index in [2.05, 4.69) is 6.92 Å². The molecule has 0 aliphatic heterocycles. The largest absolute Gasteiger partial charge is 0.756 e. The Kier molecular flexibility index (Phi) is 20.7. The third-order valence-electron chi connectivity index (χ3n) is 5.24. The summed E-state index contributed by atoms with van der Waals surface area (Å²) in [6, 6.07) is 5.61. The lowest BCUT2D eigenvalue weighted by Crippen LogP contribution is -2.34. The highest BCUT2D eigenvalue weighted by Gasteiger charge is 2.10. The van der Waals surface area contributed by atoms with Crippen LogP contribution in [0.25, 0.3) is 0 Å². The van der Waals surface area contributed by atoms with Crippen LogP contribution in [0.15, 0.2) is 30.6 Å². The Labute approximate surface area is 206 Å². The fourth-order valence-corrected chi connectivity index (χ4v) is 4.00. The van der Waals surface area contributed by atoms with E-state index < -0.39 is 7.82 Å². The van der Waals surface area contributed by atoms with E-state index >= 15 is 0 Å². The third kappa shape index (κ3) is 20.5. The van der Waals surface area contributed by atoms with Gasteiger partial charge in [-0.15, -0.1) is 0 Å². The normalized spacial score (nSPS) is 13.2. The zero-order valence-corrected chi connectivity index (χ0v) is 22.0. The van der Waals surface area contributed by atoms with E-state index in [1.54, 1.807) is 0 Å². The standard InChI is InChI=1S/C25H46NO7P/c1-2-3-4-5-6-7-8-9-10-14-18-29-20-21-30-22-23-31-24-25-33-34(27,28)32-19-17-26-15-12-11-13-16-26/h11-13,15-16H,2-10,14,17-25H2,1H3. The van der Waals surface area contributed by atoms with E-state index in [1.165, 1.54) is 57.8 Å². The minimum Gasteiger partial charge on any atom is -0.756 e. The topological polar surface area (TPSA) is 90.2 Å². The first-order chi connectivity index (χ1) is 16.6. The second-order valence-corrected chi connectivity index (χ2v) is 9.66. The van der Waals surface area contributed by atoms with E-state index in [4.69, 9.17) is 23.3 Å².